The van der Waals surface area contributed by atoms with E-state index >= 15 is 0 Å². The van der Waals surface area contributed by atoms with E-state index < -0.39 is 0 Å². The smallest absolute Gasteiger partial charge is 0.292 e. The van der Waals surface area contributed by atoms with E-state index in [1.54, 1.807) is 19.1 Å². The number of methoxy groups -OCH3 is 2. The number of carbonyl (C=O) groups is 1. The molecule has 1 heterocycles. The Bertz CT molecular complexity index is 292. The van der Waals surface area contributed by atoms with E-state index in [2.05, 4.69) is 5.16 Å². The Morgan fingerprint density at radius 1 is 1.38 bits per heavy atom. The third-order valence-electron chi connectivity index (χ3n) is 2.07. The Morgan fingerprint density at radius 2 is 2.00 bits per heavy atom. The van der Waals surface area contributed by atoms with Gasteiger partial charge in [0.15, 0.2) is 0 Å². The lowest BCUT2D eigenvalue weighted by Gasteiger charge is -2.20. The number of amides is 1. The molecule has 0 bridgehead atoms. The topological polar surface area (TPSA) is 64.8 Å². The first-order valence-electron chi connectivity index (χ1n) is 4.97. The van der Waals surface area contributed by atoms with Gasteiger partial charge in [0.05, 0.1) is 19.4 Å². The predicted molar refractivity (Wildman–Crippen MR) is 56.2 cm³/mol. The standard InChI is InChI=1S/C10H16N2O4/c1-14-7-5-12(6-8-15-2)10(13)9-3-4-11-16-9/h3-4H,5-8H2,1-2H3. The fraction of sp³-hybridized carbons (Fsp3) is 0.600. The van der Waals surface area contributed by atoms with Crippen LogP contribution in [0.3, 0.4) is 0 Å². The van der Waals surface area contributed by atoms with Crippen LogP contribution in [0.1, 0.15) is 10.6 Å². The van der Waals surface area contributed by atoms with Gasteiger partial charge in [-0.3, -0.25) is 4.79 Å². The average molecular weight is 228 g/mol. The van der Waals surface area contributed by atoms with Crippen molar-refractivity contribution in [3.8, 4) is 0 Å². The van der Waals surface area contributed by atoms with Crippen molar-refractivity contribution in [2.45, 2.75) is 0 Å². The van der Waals surface area contributed by atoms with E-state index in [9.17, 15) is 4.79 Å². The predicted octanol–water partition coefficient (Wildman–Crippen LogP) is 0.410. The molecule has 0 aliphatic heterocycles. The quantitative estimate of drug-likeness (QED) is 0.676. The first-order chi connectivity index (χ1) is 7.79. The highest BCUT2D eigenvalue weighted by molar-refractivity contribution is 5.91. The molecule has 1 rings (SSSR count). The highest BCUT2D eigenvalue weighted by Gasteiger charge is 2.18. The number of hydrogen-bond acceptors (Lipinski definition) is 5. The van der Waals surface area contributed by atoms with E-state index in [-0.39, 0.29) is 11.7 Å². The number of nitrogens with zero attached hydrogens (tertiary/aromatic N) is 2. The maximum atomic E-state index is 11.9. The third-order valence-corrected chi connectivity index (χ3v) is 2.07. The van der Waals surface area contributed by atoms with Crippen LogP contribution in [0.4, 0.5) is 0 Å². The fourth-order valence-corrected chi connectivity index (χ4v) is 1.20. The zero-order chi connectivity index (χ0) is 11.8. The van der Waals surface area contributed by atoms with Crippen LogP contribution in [0.15, 0.2) is 16.8 Å². The molecule has 0 fully saturated rings. The number of rotatable bonds is 7. The summed E-state index contributed by atoms with van der Waals surface area (Å²) in [5.74, 6) is 0.0267. The van der Waals surface area contributed by atoms with Crippen LogP contribution < -0.4 is 0 Å². The van der Waals surface area contributed by atoms with E-state index in [1.807, 2.05) is 0 Å². The molecule has 16 heavy (non-hydrogen) atoms. The second-order valence-electron chi connectivity index (χ2n) is 3.15. The minimum absolute atomic E-state index is 0.202. The minimum Gasteiger partial charge on any atom is -0.383 e. The van der Waals surface area contributed by atoms with Crippen molar-refractivity contribution in [2.24, 2.45) is 0 Å². The van der Waals surface area contributed by atoms with Gasteiger partial charge in [-0.1, -0.05) is 5.16 Å². The molecule has 0 spiro atoms. The number of hydrogen-bond donors (Lipinski definition) is 0. The van der Waals surface area contributed by atoms with Crippen molar-refractivity contribution >= 4 is 5.91 Å². The summed E-state index contributed by atoms with van der Waals surface area (Å²) in [4.78, 5) is 13.5. The maximum Gasteiger partial charge on any atom is 0.292 e. The van der Waals surface area contributed by atoms with E-state index in [0.717, 1.165) is 0 Å². The van der Waals surface area contributed by atoms with Gasteiger partial charge >= 0.3 is 0 Å². The number of carbonyl (C=O) groups excluding carboxylic acids is 1. The Balaban J connectivity index is 2.56. The summed E-state index contributed by atoms with van der Waals surface area (Å²) >= 11 is 0. The van der Waals surface area contributed by atoms with Crippen molar-refractivity contribution in [1.29, 1.82) is 0 Å². The second kappa shape index (κ2) is 6.97. The van der Waals surface area contributed by atoms with Crippen LogP contribution in [0, 0.1) is 0 Å². The van der Waals surface area contributed by atoms with Gasteiger partial charge in [0.1, 0.15) is 0 Å². The number of ether oxygens (including phenoxy) is 2. The molecule has 1 aromatic heterocycles. The van der Waals surface area contributed by atoms with Crippen LogP contribution in [-0.4, -0.2) is 56.5 Å². The van der Waals surface area contributed by atoms with Gasteiger partial charge in [0, 0.05) is 33.4 Å². The van der Waals surface area contributed by atoms with Crippen LogP contribution in [-0.2, 0) is 9.47 Å². The van der Waals surface area contributed by atoms with Gasteiger partial charge in [-0.05, 0) is 0 Å². The van der Waals surface area contributed by atoms with Crippen molar-refractivity contribution < 1.29 is 18.8 Å². The van der Waals surface area contributed by atoms with Gasteiger partial charge < -0.3 is 18.9 Å². The molecule has 0 aromatic carbocycles. The first kappa shape index (κ1) is 12.7. The zero-order valence-corrected chi connectivity index (χ0v) is 9.51. The Morgan fingerprint density at radius 3 is 2.44 bits per heavy atom. The number of aromatic nitrogens is 1. The first-order valence-corrected chi connectivity index (χ1v) is 4.97. The Hall–Kier alpha value is -1.40. The molecule has 0 N–H and O–H groups in total. The van der Waals surface area contributed by atoms with Crippen molar-refractivity contribution in [2.75, 3.05) is 40.5 Å². The van der Waals surface area contributed by atoms with E-state index in [0.29, 0.717) is 26.3 Å². The second-order valence-corrected chi connectivity index (χ2v) is 3.15. The molecular weight excluding hydrogens is 212 g/mol. The van der Waals surface area contributed by atoms with Crippen LogP contribution in [0.25, 0.3) is 0 Å². The molecule has 1 amide bonds. The van der Waals surface area contributed by atoms with Gasteiger partial charge in [-0.25, -0.2) is 0 Å². The summed E-state index contributed by atoms with van der Waals surface area (Å²) in [6.07, 6.45) is 1.44. The average Bonchev–Trinajstić information content (AvgIpc) is 2.82. The lowest BCUT2D eigenvalue weighted by Crippen LogP contribution is -2.36. The van der Waals surface area contributed by atoms with Crippen LogP contribution in [0.5, 0.6) is 0 Å². The van der Waals surface area contributed by atoms with E-state index in [4.69, 9.17) is 14.0 Å². The summed E-state index contributed by atoms with van der Waals surface area (Å²) in [5.41, 5.74) is 0. The molecular formula is C10H16N2O4. The van der Waals surface area contributed by atoms with Gasteiger partial charge in [-0.15, -0.1) is 0 Å². The molecule has 6 nitrogen and oxygen atoms in total. The third kappa shape index (κ3) is 3.63. The van der Waals surface area contributed by atoms with Crippen molar-refractivity contribution in [3.05, 3.63) is 18.0 Å². The monoisotopic (exact) mass is 228 g/mol. The van der Waals surface area contributed by atoms with E-state index in [1.165, 1.54) is 12.3 Å². The highest BCUT2D eigenvalue weighted by Crippen LogP contribution is 2.03. The molecule has 0 aliphatic carbocycles. The summed E-state index contributed by atoms with van der Waals surface area (Å²) < 4.78 is 14.7. The van der Waals surface area contributed by atoms with Gasteiger partial charge in [0.25, 0.3) is 5.91 Å². The molecule has 0 saturated carbocycles. The minimum atomic E-state index is -0.202. The summed E-state index contributed by atoms with van der Waals surface area (Å²) in [6, 6.07) is 1.54. The zero-order valence-electron chi connectivity index (χ0n) is 9.51. The molecule has 0 unspecified atom stereocenters. The summed E-state index contributed by atoms with van der Waals surface area (Å²) in [7, 11) is 3.18. The van der Waals surface area contributed by atoms with Crippen molar-refractivity contribution in [3.63, 3.8) is 0 Å². The van der Waals surface area contributed by atoms with Crippen LogP contribution in [0.2, 0.25) is 0 Å². The largest absolute Gasteiger partial charge is 0.383 e. The molecule has 0 saturated heterocycles. The fourth-order valence-electron chi connectivity index (χ4n) is 1.20. The maximum absolute atomic E-state index is 11.9. The Kier molecular flexibility index (Phi) is 5.52. The molecule has 0 atom stereocenters. The molecule has 1 aromatic rings. The van der Waals surface area contributed by atoms with Crippen molar-refractivity contribution in [1.82, 2.24) is 10.1 Å². The summed E-state index contributed by atoms with van der Waals surface area (Å²) in [6.45, 7) is 1.95. The summed E-state index contributed by atoms with van der Waals surface area (Å²) in [5, 5.41) is 3.50. The molecule has 6 heteroatoms. The Labute approximate surface area is 94.1 Å². The lowest BCUT2D eigenvalue weighted by atomic mass is 10.3. The van der Waals surface area contributed by atoms with Gasteiger partial charge in [0.2, 0.25) is 5.76 Å². The SMILES string of the molecule is COCCN(CCOC)C(=O)c1ccno1. The molecule has 90 valence electrons. The lowest BCUT2D eigenvalue weighted by molar-refractivity contribution is 0.0589. The van der Waals surface area contributed by atoms with Gasteiger partial charge in [-0.2, -0.15) is 0 Å². The van der Waals surface area contributed by atoms with Crippen LogP contribution >= 0.6 is 0 Å². The molecule has 0 radical (unpaired) electrons. The molecule has 0 aliphatic rings. The normalized spacial score (nSPS) is 10.4. The highest BCUT2D eigenvalue weighted by atomic mass is 16.5.